The number of ether oxygens (including phenoxy) is 2. The predicted molar refractivity (Wildman–Crippen MR) is 208 cm³/mol. The zero-order valence-electron chi connectivity index (χ0n) is 32.1. The van der Waals surface area contributed by atoms with Gasteiger partial charge < -0.3 is 20.3 Å². The molecule has 2 aliphatic carbocycles. The molecule has 1 aliphatic heterocycles. The van der Waals surface area contributed by atoms with Gasteiger partial charge in [-0.3, -0.25) is 34.0 Å². The number of fused-ring (bicyclic) bond motifs is 5. The van der Waals surface area contributed by atoms with Gasteiger partial charge in [0, 0.05) is 29.8 Å². The molecule has 5 unspecified atom stereocenters. The first-order chi connectivity index (χ1) is 27.1. The molecule has 6 atom stereocenters. The van der Waals surface area contributed by atoms with E-state index in [0.29, 0.717) is 22.5 Å². The molecule has 2 amide bonds. The fourth-order valence-corrected chi connectivity index (χ4v) is 8.37. The first kappa shape index (κ1) is 39.1. The SMILES string of the molecule is CC(C)(C)OC(=O)C(=O)[C@@](C)(N)CC(=O)OCCN1C(=O)C2C3C=C(C(O)(c4ccccc4)c4ccccn4)C(C3=C(c3ccccc3)c3ccccn3)C2C1=O. The highest BCUT2D eigenvalue weighted by molar-refractivity contribution is 6.37. The Morgan fingerprint density at radius 2 is 1.42 bits per heavy atom. The second kappa shape index (κ2) is 15.1. The van der Waals surface area contributed by atoms with Gasteiger partial charge in [0.15, 0.2) is 5.60 Å². The molecule has 3 heterocycles. The predicted octanol–water partition coefficient (Wildman–Crippen LogP) is 4.56. The Kier molecular flexibility index (Phi) is 10.4. The smallest absolute Gasteiger partial charge is 0.377 e. The molecule has 12 heteroatoms. The summed E-state index contributed by atoms with van der Waals surface area (Å²) in [4.78, 5) is 77.5. The quantitative estimate of drug-likeness (QED) is 0.0893. The van der Waals surface area contributed by atoms with Gasteiger partial charge in [-0.1, -0.05) is 78.9 Å². The highest BCUT2D eigenvalue weighted by Gasteiger charge is 2.66. The van der Waals surface area contributed by atoms with Gasteiger partial charge in [0.2, 0.25) is 11.8 Å². The van der Waals surface area contributed by atoms with E-state index in [4.69, 9.17) is 20.2 Å². The molecule has 57 heavy (non-hydrogen) atoms. The minimum absolute atomic E-state index is 0.250. The first-order valence-corrected chi connectivity index (χ1v) is 18.8. The fourth-order valence-electron chi connectivity index (χ4n) is 8.37. The molecule has 7 rings (SSSR count). The molecular weight excluding hydrogens is 725 g/mol. The number of esters is 2. The van der Waals surface area contributed by atoms with Gasteiger partial charge in [0.05, 0.1) is 41.7 Å². The largest absolute Gasteiger partial charge is 0.464 e. The van der Waals surface area contributed by atoms with Gasteiger partial charge in [-0.2, -0.15) is 0 Å². The van der Waals surface area contributed by atoms with E-state index in [2.05, 4.69) is 4.98 Å². The minimum atomic E-state index is -1.91. The molecule has 2 bridgehead atoms. The number of carbonyl (C=O) groups excluding carboxylic acids is 5. The lowest BCUT2D eigenvalue weighted by molar-refractivity contribution is -0.165. The fraction of sp³-hybridized carbons (Fsp3) is 0.311. The van der Waals surface area contributed by atoms with Gasteiger partial charge in [-0.15, -0.1) is 0 Å². The van der Waals surface area contributed by atoms with E-state index in [0.717, 1.165) is 21.6 Å². The number of amides is 2. The van der Waals surface area contributed by atoms with Crippen LogP contribution in [0, 0.1) is 23.7 Å². The Labute approximate surface area is 330 Å². The summed E-state index contributed by atoms with van der Waals surface area (Å²) < 4.78 is 10.5. The van der Waals surface area contributed by atoms with Crippen molar-refractivity contribution in [3.05, 3.63) is 149 Å². The summed E-state index contributed by atoms with van der Waals surface area (Å²) in [6, 6.07) is 29.7. The van der Waals surface area contributed by atoms with Crippen molar-refractivity contribution < 1.29 is 38.6 Å². The number of aliphatic hydroxyl groups is 1. The monoisotopic (exact) mass is 768 g/mol. The zero-order chi connectivity index (χ0) is 40.7. The maximum atomic E-state index is 14.6. The van der Waals surface area contributed by atoms with Crippen molar-refractivity contribution in [2.75, 3.05) is 13.2 Å². The van der Waals surface area contributed by atoms with Crippen LogP contribution in [0.15, 0.2) is 127 Å². The van der Waals surface area contributed by atoms with E-state index in [1.165, 1.54) is 6.92 Å². The van der Waals surface area contributed by atoms with Crippen LogP contribution >= 0.6 is 0 Å². The van der Waals surface area contributed by atoms with Crippen molar-refractivity contribution in [1.29, 1.82) is 0 Å². The Bertz CT molecular complexity index is 2190. The van der Waals surface area contributed by atoms with Crippen LogP contribution in [0.1, 0.15) is 56.6 Å². The molecule has 3 aliphatic rings. The Morgan fingerprint density at radius 3 is 2.04 bits per heavy atom. The number of likely N-dealkylation sites (tertiary alicyclic amines) is 1. The van der Waals surface area contributed by atoms with E-state index >= 15 is 0 Å². The standard InChI is InChI=1S/C45H44N4O8/c1-43(2,3)57-42(54)39(51)44(4,46)26-33(50)56-24-23-49-40(52)36-29-25-30(45(55,28-17-9-6-10-18-28)32-20-12-14-22-48-32)37(38(36)41(49)53)35(29)34(27-15-7-5-8-16-27)31-19-11-13-21-47-31/h5-22,25,29,36-38,55H,23-24,26,46H2,1-4H3/t29?,36?,37?,38?,44-,45?/m0/s1. The topological polar surface area (TPSA) is 179 Å². The number of benzene rings is 2. The maximum absolute atomic E-state index is 14.6. The number of hydrogen-bond donors (Lipinski definition) is 2. The van der Waals surface area contributed by atoms with Gasteiger partial charge >= 0.3 is 11.9 Å². The maximum Gasteiger partial charge on any atom is 0.377 e. The number of allylic oxidation sites excluding steroid dienone is 2. The number of pyridine rings is 2. The van der Waals surface area contributed by atoms with Crippen LogP contribution < -0.4 is 5.73 Å². The number of ketones is 1. The Hall–Kier alpha value is -6.11. The van der Waals surface area contributed by atoms with Crippen LogP contribution in [0.5, 0.6) is 0 Å². The van der Waals surface area contributed by atoms with Crippen molar-refractivity contribution in [1.82, 2.24) is 14.9 Å². The van der Waals surface area contributed by atoms with E-state index in [9.17, 15) is 29.1 Å². The summed E-state index contributed by atoms with van der Waals surface area (Å²) in [6.45, 7) is 5.41. The van der Waals surface area contributed by atoms with Gasteiger partial charge in [-0.05, 0) is 74.2 Å². The highest BCUT2D eigenvalue weighted by atomic mass is 16.6. The molecule has 2 aromatic carbocycles. The lowest BCUT2D eigenvalue weighted by Gasteiger charge is -2.36. The van der Waals surface area contributed by atoms with Crippen molar-refractivity contribution in [3.63, 3.8) is 0 Å². The summed E-state index contributed by atoms with van der Waals surface area (Å²) in [5.74, 6) is -7.10. The van der Waals surface area contributed by atoms with Crippen LogP contribution in [0.3, 0.4) is 0 Å². The van der Waals surface area contributed by atoms with E-state index in [1.54, 1.807) is 51.4 Å². The van der Waals surface area contributed by atoms with Crippen LogP contribution in [-0.2, 0) is 39.0 Å². The number of hydrogen-bond acceptors (Lipinski definition) is 11. The number of aromatic nitrogens is 2. The van der Waals surface area contributed by atoms with E-state index < -0.39 is 76.4 Å². The molecule has 1 saturated heterocycles. The summed E-state index contributed by atoms with van der Waals surface area (Å²) in [5.41, 5.74) is 5.96. The molecule has 292 valence electrons. The summed E-state index contributed by atoms with van der Waals surface area (Å²) in [5, 5.41) is 13.1. The van der Waals surface area contributed by atoms with Gasteiger partial charge in [0.1, 0.15) is 12.2 Å². The molecule has 2 aromatic heterocycles. The molecule has 4 aromatic rings. The molecule has 12 nitrogen and oxygen atoms in total. The molecule has 3 N–H and O–H groups in total. The number of rotatable bonds is 12. The molecule has 0 spiro atoms. The molecule has 1 saturated carbocycles. The number of nitrogens with two attached hydrogens (primary N) is 1. The number of imide groups is 1. The van der Waals surface area contributed by atoms with Crippen molar-refractivity contribution in [2.45, 2.75) is 50.9 Å². The third-order valence-electron chi connectivity index (χ3n) is 10.7. The average molecular weight is 769 g/mol. The van der Waals surface area contributed by atoms with Crippen molar-refractivity contribution in [2.24, 2.45) is 29.4 Å². The van der Waals surface area contributed by atoms with Gasteiger partial charge in [-0.25, -0.2) is 4.79 Å². The summed E-state index contributed by atoms with van der Waals surface area (Å²) in [6.07, 6.45) is 4.59. The molecule has 2 fully saturated rings. The van der Waals surface area contributed by atoms with E-state index in [-0.39, 0.29) is 13.2 Å². The molecule has 0 radical (unpaired) electrons. The Balaban J connectivity index is 1.23. The Morgan fingerprint density at radius 1 is 0.807 bits per heavy atom. The zero-order valence-corrected chi connectivity index (χ0v) is 32.1. The second-order valence-corrected chi connectivity index (χ2v) is 15.9. The lowest BCUT2D eigenvalue weighted by Crippen LogP contribution is -2.51. The minimum Gasteiger partial charge on any atom is -0.464 e. The first-order valence-electron chi connectivity index (χ1n) is 18.8. The van der Waals surface area contributed by atoms with Crippen molar-refractivity contribution in [3.8, 4) is 0 Å². The third-order valence-corrected chi connectivity index (χ3v) is 10.7. The van der Waals surface area contributed by atoms with Crippen LogP contribution in [0.4, 0.5) is 0 Å². The van der Waals surface area contributed by atoms with Gasteiger partial charge in [0.25, 0.3) is 5.78 Å². The van der Waals surface area contributed by atoms with E-state index in [1.807, 2.05) is 84.9 Å². The van der Waals surface area contributed by atoms with Crippen LogP contribution in [-0.4, -0.2) is 73.8 Å². The van der Waals surface area contributed by atoms with Crippen LogP contribution in [0.2, 0.25) is 0 Å². The second-order valence-electron chi connectivity index (χ2n) is 15.9. The highest BCUT2D eigenvalue weighted by Crippen LogP contribution is 2.64. The average Bonchev–Trinajstić information content (AvgIpc) is 3.81. The normalized spacial score (nSPS) is 22.9. The van der Waals surface area contributed by atoms with Crippen LogP contribution in [0.25, 0.3) is 5.57 Å². The number of Topliss-reactive ketones (excluding diaryl/α,β-unsaturated/α-hetero) is 1. The van der Waals surface area contributed by atoms with Crippen molar-refractivity contribution >= 4 is 35.1 Å². The number of carbonyl (C=O) groups is 5. The summed E-state index contributed by atoms with van der Waals surface area (Å²) in [7, 11) is 0. The third kappa shape index (κ3) is 7.22. The summed E-state index contributed by atoms with van der Waals surface area (Å²) >= 11 is 0. The molecular formula is C45H44N4O8. The lowest BCUT2D eigenvalue weighted by atomic mass is 9.71. The number of nitrogens with zero attached hydrogens (tertiary/aromatic N) is 3.